The zero-order valence-electron chi connectivity index (χ0n) is 16.1. The zero-order valence-corrected chi connectivity index (χ0v) is 16.1. The third-order valence-electron chi connectivity index (χ3n) is 4.86. The van der Waals surface area contributed by atoms with Crippen molar-refractivity contribution < 1.29 is 28.3 Å². The third kappa shape index (κ3) is 3.22. The van der Waals surface area contributed by atoms with Gasteiger partial charge in [0.05, 0.1) is 18.7 Å². The Kier molecular flexibility index (Phi) is 4.83. The van der Waals surface area contributed by atoms with Crippen LogP contribution in [-0.4, -0.2) is 29.1 Å². The summed E-state index contributed by atoms with van der Waals surface area (Å²) in [6, 6.07) is 12.3. The van der Waals surface area contributed by atoms with Crippen LogP contribution in [-0.2, 0) is 9.59 Å². The summed E-state index contributed by atoms with van der Waals surface area (Å²) in [5.41, 5.74) is 0.640. The van der Waals surface area contributed by atoms with E-state index in [0.717, 1.165) is 12.1 Å². The average molecular weight is 408 g/mol. The molecule has 1 unspecified atom stereocenters. The van der Waals surface area contributed by atoms with E-state index >= 15 is 0 Å². The minimum absolute atomic E-state index is 0.127. The van der Waals surface area contributed by atoms with Crippen LogP contribution in [0.4, 0.5) is 10.2 Å². The Morgan fingerprint density at radius 1 is 1.13 bits per heavy atom. The number of aliphatic hydroxyl groups excluding tert-OH is 1. The molecule has 1 amide bonds. The van der Waals surface area contributed by atoms with Crippen LogP contribution >= 0.6 is 0 Å². The standard InChI is InChI=1S/C22H17FN2O5/c1-12-11-17(24-30-12)25-19(13-5-9-16(29-2)10-6-13)18(21(27)22(25)28)20(26)14-3-7-15(23)8-4-14/h3-11,19,26H,1-2H3/b20-18+. The molecule has 0 bridgehead atoms. The summed E-state index contributed by atoms with van der Waals surface area (Å²) in [7, 11) is 1.52. The number of aromatic nitrogens is 1. The van der Waals surface area contributed by atoms with Gasteiger partial charge < -0.3 is 14.4 Å². The SMILES string of the molecule is COc1ccc(C2/C(=C(\O)c3ccc(F)cc3)C(=O)C(=O)N2c2cc(C)on2)cc1. The molecule has 1 atom stereocenters. The molecule has 0 saturated carbocycles. The highest BCUT2D eigenvalue weighted by Gasteiger charge is 2.48. The number of methoxy groups -OCH3 is 1. The van der Waals surface area contributed by atoms with Gasteiger partial charge in [-0.2, -0.15) is 0 Å². The molecule has 30 heavy (non-hydrogen) atoms. The van der Waals surface area contributed by atoms with Crippen LogP contribution in [0.15, 0.2) is 64.7 Å². The maximum absolute atomic E-state index is 13.3. The number of rotatable bonds is 4. The molecule has 8 heteroatoms. The van der Waals surface area contributed by atoms with Crippen LogP contribution in [0.2, 0.25) is 0 Å². The normalized spacial score (nSPS) is 18.1. The first kappa shape index (κ1) is 19.4. The molecule has 0 aliphatic carbocycles. The predicted molar refractivity (Wildman–Crippen MR) is 105 cm³/mol. The molecule has 1 aliphatic rings. The largest absolute Gasteiger partial charge is 0.507 e. The molecule has 1 aromatic heterocycles. The van der Waals surface area contributed by atoms with E-state index in [0.29, 0.717) is 17.1 Å². The number of hydrogen-bond donors (Lipinski definition) is 1. The number of carbonyl (C=O) groups is 2. The van der Waals surface area contributed by atoms with Gasteiger partial charge in [0.2, 0.25) is 0 Å². The second-order valence-electron chi connectivity index (χ2n) is 6.74. The van der Waals surface area contributed by atoms with Gasteiger partial charge in [0.15, 0.2) is 5.82 Å². The van der Waals surface area contributed by atoms with Crippen LogP contribution in [0.1, 0.15) is 22.9 Å². The molecule has 7 nitrogen and oxygen atoms in total. The maximum Gasteiger partial charge on any atom is 0.301 e. The Bertz CT molecular complexity index is 1150. The number of amides is 1. The number of nitrogens with zero attached hydrogens (tertiary/aromatic N) is 2. The number of ketones is 1. The van der Waals surface area contributed by atoms with Crippen molar-refractivity contribution in [3.05, 3.63) is 82.9 Å². The van der Waals surface area contributed by atoms with E-state index in [1.807, 2.05) is 0 Å². The lowest BCUT2D eigenvalue weighted by Crippen LogP contribution is -2.29. The molecule has 0 spiro atoms. The van der Waals surface area contributed by atoms with Gasteiger partial charge in [-0.3, -0.25) is 14.5 Å². The molecule has 1 aliphatic heterocycles. The van der Waals surface area contributed by atoms with Crippen molar-refractivity contribution in [1.29, 1.82) is 0 Å². The van der Waals surface area contributed by atoms with Gasteiger partial charge in [-0.05, 0) is 48.9 Å². The van der Waals surface area contributed by atoms with E-state index < -0.39 is 29.3 Å². The lowest BCUT2D eigenvalue weighted by molar-refractivity contribution is -0.132. The first-order valence-corrected chi connectivity index (χ1v) is 9.05. The molecule has 3 aromatic rings. The Labute approximate surface area is 171 Å². The van der Waals surface area contributed by atoms with Crippen molar-refractivity contribution in [2.75, 3.05) is 12.0 Å². The number of Topliss-reactive ketones (excluding diaryl/α,β-unsaturated/α-hetero) is 1. The van der Waals surface area contributed by atoms with Crippen molar-refractivity contribution in [3.63, 3.8) is 0 Å². The van der Waals surface area contributed by atoms with Gasteiger partial charge in [0.25, 0.3) is 5.78 Å². The molecule has 152 valence electrons. The molecule has 1 fully saturated rings. The number of aliphatic hydroxyl groups is 1. The molecular weight excluding hydrogens is 391 g/mol. The highest BCUT2D eigenvalue weighted by molar-refractivity contribution is 6.51. The first-order chi connectivity index (χ1) is 14.4. The van der Waals surface area contributed by atoms with Crippen molar-refractivity contribution >= 4 is 23.3 Å². The molecule has 4 rings (SSSR count). The zero-order chi connectivity index (χ0) is 21.4. The third-order valence-corrected chi connectivity index (χ3v) is 4.86. The van der Waals surface area contributed by atoms with E-state index in [-0.39, 0.29) is 17.0 Å². The summed E-state index contributed by atoms with van der Waals surface area (Å²) in [5, 5.41) is 14.8. The van der Waals surface area contributed by atoms with E-state index in [4.69, 9.17) is 9.26 Å². The Morgan fingerprint density at radius 2 is 1.80 bits per heavy atom. The minimum atomic E-state index is -0.953. The molecular formula is C22H17FN2O5. The summed E-state index contributed by atoms with van der Waals surface area (Å²) in [5.74, 6) is -1.43. The van der Waals surface area contributed by atoms with Crippen LogP contribution in [0.3, 0.4) is 0 Å². The topological polar surface area (TPSA) is 92.9 Å². The number of benzene rings is 2. The van der Waals surface area contributed by atoms with Crippen molar-refractivity contribution in [1.82, 2.24) is 5.16 Å². The smallest absolute Gasteiger partial charge is 0.301 e. The summed E-state index contributed by atoms with van der Waals surface area (Å²) in [6.45, 7) is 1.66. The van der Waals surface area contributed by atoms with Gasteiger partial charge in [-0.25, -0.2) is 4.39 Å². The van der Waals surface area contributed by atoms with E-state index in [2.05, 4.69) is 5.16 Å². The predicted octanol–water partition coefficient (Wildman–Crippen LogP) is 3.76. The molecule has 2 aromatic carbocycles. The van der Waals surface area contributed by atoms with Gasteiger partial charge in [0, 0.05) is 11.6 Å². The number of hydrogen-bond acceptors (Lipinski definition) is 6. The quantitative estimate of drug-likeness (QED) is 0.401. The highest BCUT2D eigenvalue weighted by atomic mass is 19.1. The van der Waals surface area contributed by atoms with E-state index in [1.165, 1.54) is 30.2 Å². The number of ether oxygens (including phenoxy) is 1. The fraction of sp³-hybridized carbons (Fsp3) is 0.136. The Balaban J connectivity index is 1.92. The minimum Gasteiger partial charge on any atom is -0.507 e. The van der Waals surface area contributed by atoms with Crippen LogP contribution in [0.5, 0.6) is 5.75 Å². The van der Waals surface area contributed by atoms with Gasteiger partial charge in [0.1, 0.15) is 23.1 Å². The lowest BCUT2D eigenvalue weighted by Gasteiger charge is -2.23. The second-order valence-corrected chi connectivity index (χ2v) is 6.74. The van der Waals surface area contributed by atoms with E-state index in [9.17, 15) is 19.1 Å². The fourth-order valence-corrected chi connectivity index (χ4v) is 3.40. The monoisotopic (exact) mass is 408 g/mol. The van der Waals surface area contributed by atoms with Gasteiger partial charge in [-0.15, -0.1) is 0 Å². The lowest BCUT2D eigenvalue weighted by atomic mass is 9.95. The molecule has 1 saturated heterocycles. The fourth-order valence-electron chi connectivity index (χ4n) is 3.40. The first-order valence-electron chi connectivity index (χ1n) is 9.05. The van der Waals surface area contributed by atoms with Crippen molar-refractivity contribution in [2.45, 2.75) is 13.0 Å². The average Bonchev–Trinajstić information content (AvgIpc) is 3.29. The summed E-state index contributed by atoms with van der Waals surface area (Å²) < 4.78 is 23.6. The van der Waals surface area contributed by atoms with E-state index in [1.54, 1.807) is 31.2 Å². The number of anilines is 1. The maximum atomic E-state index is 13.3. The molecule has 2 heterocycles. The second kappa shape index (κ2) is 7.47. The highest BCUT2D eigenvalue weighted by Crippen LogP contribution is 2.42. The Morgan fingerprint density at radius 3 is 2.37 bits per heavy atom. The Hall–Kier alpha value is -3.94. The van der Waals surface area contributed by atoms with Crippen LogP contribution in [0, 0.1) is 12.7 Å². The summed E-state index contributed by atoms with van der Waals surface area (Å²) in [6.07, 6.45) is 0. The van der Waals surface area contributed by atoms with Crippen molar-refractivity contribution in [3.8, 4) is 5.75 Å². The van der Waals surface area contributed by atoms with Crippen molar-refractivity contribution in [2.24, 2.45) is 0 Å². The molecule has 0 radical (unpaired) electrons. The van der Waals surface area contributed by atoms with Gasteiger partial charge in [-0.1, -0.05) is 17.3 Å². The summed E-state index contributed by atoms with van der Waals surface area (Å²) >= 11 is 0. The van der Waals surface area contributed by atoms with Crippen LogP contribution in [0.25, 0.3) is 5.76 Å². The van der Waals surface area contributed by atoms with Crippen LogP contribution < -0.4 is 9.64 Å². The number of aryl methyl sites for hydroxylation is 1. The summed E-state index contributed by atoms with van der Waals surface area (Å²) in [4.78, 5) is 27.0. The molecule has 1 N–H and O–H groups in total. The number of carbonyl (C=O) groups excluding carboxylic acids is 2. The van der Waals surface area contributed by atoms with Gasteiger partial charge >= 0.3 is 5.91 Å². The number of halogens is 1.